The van der Waals surface area contributed by atoms with Gasteiger partial charge in [-0.3, -0.25) is 0 Å². The number of thiocarbonyl (C=S) groups is 2. The van der Waals surface area contributed by atoms with Crippen molar-refractivity contribution in [2.45, 2.75) is 6.42 Å². The molecule has 0 aliphatic rings. The molecule has 0 unspecified atom stereocenters. The van der Waals surface area contributed by atoms with Crippen LogP contribution in [0, 0.1) is 0 Å². The van der Waals surface area contributed by atoms with Crippen LogP contribution in [0.5, 0.6) is 0 Å². The van der Waals surface area contributed by atoms with E-state index in [-0.39, 0.29) is 37.7 Å². The summed E-state index contributed by atoms with van der Waals surface area (Å²) in [6.45, 7) is 0. The van der Waals surface area contributed by atoms with E-state index in [0.29, 0.717) is 14.8 Å². The molecule has 9 heavy (non-hydrogen) atoms. The Kier molecular flexibility index (Phi) is 18.6. The summed E-state index contributed by atoms with van der Waals surface area (Å²) in [5.41, 5.74) is 0. The van der Waals surface area contributed by atoms with Crippen LogP contribution in [0.3, 0.4) is 0 Å². The Labute approximate surface area is 101 Å². The molecule has 0 fully saturated rings. The van der Waals surface area contributed by atoms with Crippen molar-refractivity contribution in [3.8, 4) is 0 Å². The first-order valence-electron chi connectivity index (χ1n) is 1.52. The quantitative estimate of drug-likeness (QED) is 0.237. The maximum absolute atomic E-state index is 4.53. The summed E-state index contributed by atoms with van der Waals surface area (Å²) in [6.07, 6.45) is 0.454. The topological polar surface area (TPSA) is 0 Å². The fourth-order valence-electron chi connectivity index (χ4n) is 0.118. The Morgan fingerprint density at radius 3 is 1.22 bits per heavy atom. The zero-order chi connectivity index (χ0) is 5.86. The SMILES string of the molecule is S=C([S-])CC(=S)[S-].[Li+].[Li+]. The Hall–Kier alpha value is 1.81. The van der Waals surface area contributed by atoms with Gasteiger partial charge in [-0.15, -0.1) is 8.39 Å². The van der Waals surface area contributed by atoms with Crippen LogP contribution in [0.15, 0.2) is 0 Å². The van der Waals surface area contributed by atoms with Gasteiger partial charge in [0, 0.05) is 0 Å². The van der Waals surface area contributed by atoms with E-state index in [1.165, 1.54) is 0 Å². The molecule has 0 bridgehead atoms. The molecule has 0 aromatic rings. The second kappa shape index (κ2) is 9.81. The third-order valence-electron chi connectivity index (χ3n) is 0.289. The zero-order valence-electron chi connectivity index (χ0n) is 5.34. The van der Waals surface area contributed by atoms with Crippen LogP contribution in [-0.4, -0.2) is 8.39 Å². The second-order valence-electron chi connectivity index (χ2n) is 0.921. The first-order chi connectivity index (χ1) is 3.13. The van der Waals surface area contributed by atoms with Gasteiger partial charge in [-0.05, 0) is 6.42 Å². The summed E-state index contributed by atoms with van der Waals surface area (Å²) < 4.78 is 0.917. The summed E-state index contributed by atoms with van der Waals surface area (Å²) >= 11 is 18.1. The van der Waals surface area contributed by atoms with Gasteiger partial charge in [0.1, 0.15) is 0 Å². The number of rotatable bonds is 2. The van der Waals surface area contributed by atoms with E-state index in [4.69, 9.17) is 0 Å². The van der Waals surface area contributed by atoms with Gasteiger partial charge in [-0.2, -0.15) is 0 Å². The Balaban J connectivity index is -0.000000180. The second-order valence-corrected chi connectivity index (χ2v) is 3.41. The van der Waals surface area contributed by atoms with E-state index in [9.17, 15) is 0 Å². The Bertz CT molecular complexity index is 90.0. The van der Waals surface area contributed by atoms with E-state index in [1.807, 2.05) is 0 Å². The minimum atomic E-state index is 0. The molecule has 0 radical (unpaired) electrons. The van der Waals surface area contributed by atoms with Crippen LogP contribution in [0.2, 0.25) is 0 Å². The summed E-state index contributed by atoms with van der Waals surface area (Å²) in [5, 5.41) is 0. The first-order valence-corrected chi connectivity index (χ1v) is 3.16. The fourth-order valence-corrected chi connectivity index (χ4v) is 1.06. The molecule has 0 aliphatic carbocycles. The van der Waals surface area contributed by atoms with Crippen LogP contribution >= 0.6 is 24.4 Å². The van der Waals surface area contributed by atoms with Gasteiger partial charge in [0.15, 0.2) is 0 Å². The molecule has 0 nitrogen and oxygen atoms in total. The minimum absolute atomic E-state index is 0. The minimum Gasteiger partial charge on any atom is -0.433 e. The molecule has 0 atom stereocenters. The van der Waals surface area contributed by atoms with E-state index in [2.05, 4.69) is 49.7 Å². The molecule has 0 aromatic heterocycles. The standard InChI is InChI=1S/C3H4S4.2Li/c4-2(5)1-3(6)7;;/h1H2,(H,4,5)(H,6,7);;/q;2*+1/p-2. The van der Waals surface area contributed by atoms with Crippen molar-refractivity contribution >= 4 is 58.1 Å². The van der Waals surface area contributed by atoms with Crippen molar-refractivity contribution in [1.82, 2.24) is 0 Å². The molecule has 0 aliphatic heterocycles. The van der Waals surface area contributed by atoms with E-state index < -0.39 is 0 Å². The van der Waals surface area contributed by atoms with Crippen molar-refractivity contribution in [2.75, 3.05) is 0 Å². The molecule has 6 heteroatoms. The molecule has 0 aromatic carbocycles. The fraction of sp³-hybridized carbons (Fsp3) is 0.333. The van der Waals surface area contributed by atoms with Gasteiger partial charge in [0.25, 0.3) is 0 Å². The zero-order valence-corrected chi connectivity index (χ0v) is 8.61. The molecule has 0 rings (SSSR count). The molecule has 0 spiro atoms. The van der Waals surface area contributed by atoms with E-state index in [0.717, 1.165) is 0 Å². The molecule has 0 heterocycles. The predicted octanol–water partition coefficient (Wildman–Crippen LogP) is -4.87. The smallest absolute Gasteiger partial charge is 0.433 e. The van der Waals surface area contributed by atoms with Crippen molar-refractivity contribution in [3.05, 3.63) is 0 Å². The maximum Gasteiger partial charge on any atom is 1.00 e. The molecule has 0 amide bonds. The monoisotopic (exact) mass is 180 g/mol. The van der Waals surface area contributed by atoms with E-state index in [1.54, 1.807) is 0 Å². The summed E-state index contributed by atoms with van der Waals surface area (Å²) in [4.78, 5) is 0. The third kappa shape index (κ3) is 17.7. The van der Waals surface area contributed by atoms with Gasteiger partial charge in [0.2, 0.25) is 0 Å². The Morgan fingerprint density at radius 1 is 1.00 bits per heavy atom. The van der Waals surface area contributed by atoms with Crippen molar-refractivity contribution in [3.63, 3.8) is 0 Å². The van der Waals surface area contributed by atoms with Crippen LogP contribution in [0.1, 0.15) is 6.42 Å². The molecule has 40 valence electrons. The first kappa shape index (κ1) is 17.1. The van der Waals surface area contributed by atoms with Gasteiger partial charge in [-0.1, -0.05) is 0 Å². The van der Waals surface area contributed by atoms with Crippen LogP contribution < -0.4 is 37.7 Å². The molecule has 0 N–H and O–H groups in total. The van der Waals surface area contributed by atoms with Gasteiger partial charge in [0.05, 0.1) is 0 Å². The number of hydrogen-bond donors (Lipinski definition) is 0. The van der Waals surface area contributed by atoms with Crippen molar-refractivity contribution in [2.24, 2.45) is 0 Å². The van der Waals surface area contributed by atoms with Crippen LogP contribution in [0.4, 0.5) is 0 Å². The van der Waals surface area contributed by atoms with Gasteiger partial charge < -0.3 is 49.7 Å². The maximum atomic E-state index is 4.53. The summed E-state index contributed by atoms with van der Waals surface area (Å²) in [5.74, 6) is 0. The van der Waals surface area contributed by atoms with Crippen LogP contribution in [-0.2, 0) is 25.3 Å². The van der Waals surface area contributed by atoms with Gasteiger partial charge in [-0.25, -0.2) is 0 Å². The van der Waals surface area contributed by atoms with E-state index >= 15 is 0 Å². The number of hydrogen-bond acceptors (Lipinski definition) is 4. The van der Waals surface area contributed by atoms with Crippen LogP contribution in [0.25, 0.3) is 0 Å². The average Bonchev–Trinajstić information content (AvgIpc) is 1.27. The average molecular weight is 180 g/mol. The molecular formula is C3H2Li2S4. The largest absolute Gasteiger partial charge is 1.00 e. The normalized spacial score (nSPS) is 6.22. The predicted molar refractivity (Wildman–Crippen MR) is 44.5 cm³/mol. The Morgan fingerprint density at radius 2 is 1.22 bits per heavy atom. The summed E-state index contributed by atoms with van der Waals surface area (Å²) in [6, 6.07) is 0. The molecule has 0 saturated carbocycles. The molecular weight excluding hydrogens is 178 g/mol. The third-order valence-corrected chi connectivity index (χ3v) is 0.866. The van der Waals surface area contributed by atoms with Gasteiger partial charge >= 0.3 is 37.7 Å². The van der Waals surface area contributed by atoms with Crippen molar-refractivity contribution in [1.29, 1.82) is 0 Å². The van der Waals surface area contributed by atoms with Crippen molar-refractivity contribution < 1.29 is 37.7 Å². The summed E-state index contributed by atoms with van der Waals surface area (Å²) in [7, 11) is 0. The molecule has 0 saturated heterocycles.